The molecule has 0 aromatic heterocycles. The van der Waals surface area contributed by atoms with Crippen LogP contribution in [0.25, 0.3) is 0 Å². The number of ether oxygens (including phenoxy) is 2. The van der Waals surface area contributed by atoms with E-state index in [0.717, 1.165) is 18.8 Å². The lowest BCUT2D eigenvalue weighted by Crippen LogP contribution is -2.47. The first-order valence-corrected chi connectivity index (χ1v) is 16.2. The summed E-state index contributed by atoms with van der Waals surface area (Å²) in [5.74, 6) is 0.205. The predicted molar refractivity (Wildman–Crippen MR) is 168 cm³/mol. The molecule has 1 saturated heterocycles. The number of hydrogen-bond acceptors (Lipinski definition) is 8. The van der Waals surface area contributed by atoms with E-state index < -0.39 is 16.3 Å². The normalized spacial score (nSPS) is 17.0. The van der Waals surface area contributed by atoms with Crippen LogP contribution in [0, 0.1) is 0 Å². The molecular formula is C32H39N5O6S. The number of carbonyl (C=O) groups excluding carboxylic acids is 2. The monoisotopic (exact) mass is 621 g/mol. The van der Waals surface area contributed by atoms with Gasteiger partial charge in [-0.15, -0.1) is 0 Å². The largest absolute Gasteiger partial charge is 0.493 e. The second kappa shape index (κ2) is 13.3. The number of nitrogens with zero attached hydrogens (tertiary/aromatic N) is 3. The molecule has 11 nitrogen and oxygen atoms in total. The third-order valence-electron chi connectivity index (χ3n) is 8.47. The molecule has 234 valence electrons. The molecule has 2 heterocycles. The van der Waals surface area contributed by atoms with Crippen molar-refractivity contribution in [2.75, 3.05) is 51.8 Å². The lowest BCUT2D eigenvalue weighted by Gasteiger charge is -2.39. The maximum absolute atomic E-state index is 14.2. The smallest absolute Gasteiger partial charge is 0.274 e. The summed E-state index contributed by atoms with van der Waals surface area (Å²) in [7, 11) is -0.832. The zero-order valence-electron chi connectivity index (χ0n) is 25.2. The molecule has 1 fully saturated rings. The van der Waals surface area contributed by atoms with Gasteiger partial charge in [0, 0.05) is 38.8 Å². The molecule has 0 saturated carbocycles. The molecule has 12 heteroatoms. The first kappa shape index (κ1) is 31.5. The Morgan fingerprint density at radius 3 is 2.23 bits per heavy atom. The van der Waals surface area contributed by atoms with Crippen molar-refractivity contribution < 1.29 is 27.5 Å². The van der Waals surface area contributed by atoms with Crippen LogP contribution in [0.1, 0.15) is 63.7 Å². The van der Waals surface area contributed by atoms with Crippen LogP contribution >= 0.6 is 0 Å². The molecule has 44 heavy (non-hydrogen) atoms. The molecule has 0 aliphatic carbocycles. The Morgan fingerprint density at radius 2 is 1.57 bits per heavy atom. The number of nitrogens with two attached hydrogens (primary N) is 1. The highest BCUT2D eigenvalue weighted by Gasteiger charge is 2.43. The number of carbonyl (C=O) groups is 2. The lowest BCUT2D eigenvalue weighted by atomic mass is 9.99. The molecule has 2 aliphatic rings. The van der Waals surface area contributed by atoms with E-state index in [0.29, 0.717) is 54.1 Å². The van der Waals surface area contributed by atoms with E-state index in [1.165, 1.54) is 24.7 Å². The van der Waals surface area contributed by atoms with Crippen molar-refractivity contribution in [3.63, 3.8) is 0 Å². The molecule has 2 aliphatic heterocycles. The fourth-order valence-electron chi connectivity index (χ4n) is 6.14. The van der Waals surface area contributed by atoms with E-state index in [9.17, 15) is 18.0 Å². The summed E-state index contributed by atoms with van der Waals surface area (Å²) in [4.78, 5) is 34.0. The van der Waals surface area contributed by atoms with Gasteiger partial charge in [-0.3, -0.25) is 19.4 Å². The molecule has 0 spiro atoms. The van der Waals surface area contributed by atoms with Crippen molar-refractivity contribution in [2.45, 2.75) is 31.8 Å². The number of nitrogens with one attached hydrogen (secondary N) is 1. The number of benzene rings is 3. The number of hydrogen-bond donors (Lipinski definition) is 2. The molecule has 0 bridgehead atoms. The van der Waals surface area contributed by atoms with Gasteiger partial charge in [0.2, 0.25) is 0 Å². The summed E-state index contributed by atoms with van der Waals surface area (Å²) in [6.07, 6.45) is 0.631. The predicted octanol–water partition coefficient (Wildman–Crippen LogP) is 3.50. The summed E-state index contributed by atoms with van der Waals surface area (Å²) in [5, 5.41) is 5.10. The summed E-state index contributed by atoms with van der Waals surface area (Å²) >= 11 is 0. The Morgan fingerprint density at radius 1 is 0.864 bits per heavy atom. The maximum atomic E-state index is 14.2. The number of rotatable bonds is 12. The third kappa shape index (κ3) is 6.58. The highest BCUT2D eigenvalue weighted by atomic mass is 32.2. The average Bonchev–Trinajstić information content (AvgIpc) is 3.29. The first-order chi connectivity index (χ1) is 21.1. The molecule has 2 amide bonds. The molecule has 5 rings (SSSR count). The summed E-state index contributed by atoms with van der Waals surface area (Å²) in [6.45, 7) is 5.33. The molecule has 2 unspecified atom stereocenters. The minimum absolute atomic E-state index is 0.0583. The van der Waals surface area contributed by atoms with Crippen molar-refractivity contribution in [3.05, 3.63) is 89.0 Å². The van der Waals surface area contributed by atoms with Gasteiger partial charge in [-0.25, -0.2) is 9.86 Å². The van der Waals surface area contributed by atoms with Crippen LogP contribution in [0.2, 0.25) is 0 Å². The SMILES string of the molecule is COc1ccc(C(CCCNS(N)(=O)=O)N2C(=O)c3cccc(N4CCN(C(C)c5ccccc5)CC4)c3C2=O)cc1OC. The van der Waals surface area contributed by atoms with Crippen molar-refractivity contribution in [1.29, 1.82) is 0 Å². The lowest BCUT2D eigenvalue weighted by molar-refractivity contribution is 0.0572. The van der Waals surface area contributed by atoms with E-state index in [2.05, 4.69) is 45.7 Å². The Labute approximate surface area is 258 Å². The van der Waals surface area contributed by atoms with Gasteiger partial charge in [0.25, 0.3) is 22.0 Å². The zero-order chi connectivity index (χ0) is 31.4. The van der Waals surface area contributed by atoms with Gasteiger partial charge in [-0.05, 0) is 55.2 Å². The average molecular weight is 622 g/mol. The first-order valence-electron chi connectivity index (χ1n) is 14.7. The second-order valence-corrected chi connectivity index (χ2v) is 12.4. The van der Waals surface area contributed by atoms with E-state index >= 15 is 0 Å². The third-order valence-corrected chi connectivity index (χ3v) is 9.08. The maximum Gasteiger partial charge on any atom is 0.274 e. The number of amides is 2. The minimum Gasteiger partial charge on any atom is -0.493 e. The van der Waals surface area contributed by atoms with E-state index in [1.807, 2.05) is 18.2 Å². The van der Waals surface area contributed by atoms with Crippen LogP contribution in [0.3, 0.4) is 0 Å². The number of imide groups is 1. The van der Waals surface area contributed by atoms with Crippen molar-refractivity contribution in [2.24, 2.45) is 5.14 Å². The van der Waals surface area contributed by atoms with Gasteiger partial charge < -0.3 is 14.4 Å². The Hall–Kier alpha value is -3.97. The van der Waals surface area contributed by atoms with Gasteiger partial charge >= 0.3 is 0 Å². The van der Waals surface area contributed by atoms with Crippen LogP contribution in [0.5, 0.6) is 11.5 Å². The van der Waals surface area contributed by atoms with Gasteiger partial charge in [0.15, 0.2) is 11.5 Å². The fourth-order valence-corrected chi connectivity index (χ4v) is 6.57. The van der Waals surface area contributed by atoms with Gasteiger partial charge in [-0.2, -0.15) is 8.42 Å². The Kier molecular flexibility index (Phi) is 9.54. The molecule has 3 aromatic carbocycles. The summed E-state index contributed by atoms with van der Waals surface area (Å²) < 4.78 is 36.0. The quantitative estimate of drug-likeness (QED) is 0.232. The number of fused-ring (bicyclic) bond motifs is 1. The second-order valence-electron chi connectivity index (χ2n) is 11.0. The standard InChI is InChI=1S/C32H39N5O6S/c1-22(23-9-5-4-6-10-23)35-17-19-36(20-18-35)27-12-7-11-25-30(27)32(39)37(31(25)38)26(13-8-16-34-44(33,40)41)24-14-15-28(42-2)29(21-24)43-3/h4-7,9-12,14-15,21-22,26,34H,8,13,16-20H2,1-3H3,(H2,33,40,41). The van der Waals surface area contributed by atoms with Gasteiger partial charge in [-0.1, -0.05) is 42.5 Å². The van der Waals surface area contributed by atoms with Crippen LogP contribution in [-0.2, 0) is 10.2 Å². The van der Waals surface area contributed by atoms with Crippen LogP contribution in [0.15, 0.2) is 66.7 Å². The highest BCUT2D eigenvalue weighted by Crippen LogP contribution is 2.40. The number of piperazine rings is 1. The van der Waals surface area contributed by atoms with Crippen molar-refractivity contribution >= 4 is 27.7 Å². The van der Waals surface area contributed by atoms with E-state index in [1.54, 1.807) is 24.3 Å². The minimum atomic E-state index is -3.88. The molecule has 3 aromatic rings. The van der Waals surface area contributed by atoms with E-state index in [4.69, 9.17) is 14.6 Å². The van der Waals surface area contributed by atoms with Crippen LogP contribution < -0.4 is 24.2 Å². The van der Waals surface area contributed by atoms with Crippen LogP contribution in [0.4, 0.5) is 5.69 Å². The van der Waals surface area contributed by atoms with Gasteiger partial charge in [0.05, 0.1) is 37.1 Å². The summed E-state index contributed by atoms with van der Waals surface area (Å²) in [6, 6.07) is 20.7. The topological polar surface area (TPSA) is 135 Å². The van der Waals surface area contributed by atoms with Gasteiger partial charge in [0.1, 0.15) is 0 Å². The fraction of sp³-hybridized carbons (Fsp3) is 0.375. The number of methoxy groups -OCH3 is 2. The van der Waals surface area contributed by atoms with E-state index in [-0.39, 0.29) is 24.4 Å². The Balaban J connectivity index is 1.40. The molecular weight excluding hydrogens is 582 g/mol. The molecule has 3 N–H and O–H groups in total. The van der Waals surface area contributed by atoms with Crippen LogP contribution in [-0.4, -0.2) is 77.0 Å². The molecule has 0 radical (unpaired) electrons. The zero-order valence-corrected chi connectivity index (χ0v) is 26.0. The van der Waals surface area contributed by atoms with Crippen molar-refractivity contribution in [3.8, 4) is 11.5 Å². The Bertz CT molecular complexity index is 1610. The number of anilines is 1. The summed E-state index contributed by atoms with van der Waals surface area (Å²) in [5.41, 5.74) is 3.43. The van der Waals surface area contributed by atoms with Crippen molar-refractivity contribution in [1.82, 2.24) is 14.5 Å². The molecule has 2 atom stereocenters. The highest BCUT2D eigenvalue weighted by molar-refractivity contribution is 7.87.